The summed E-state index contributed by atoms with van der Waals surface area (Å²) in [6.45, 7) is 30.0. The molecular formula is C58H63BN2. The van der Waals surface area contributed by atoms with Crippen LogP contribution in [0.5, 0.6) is 0 Å². The Hall–Kier alpha value is -5.80. The van der Waals surface area contributed by atoms with Crippen LogP contribution in [0.1, 0.15) is 101 Å². The molecule has 7 aromatic rings. The summed E-state index contributed by atoms with van der Waals surface area (Å²) in [4.78, 5) is 5.02. The van der Waals surface area contributed by atoms with E-state index in [9.17, 15) is 0 Å². The Kier molecular flexibility index (Phi) is 10.7. The molecule has 8 rings (SSSR count). The molecule has 0 spiro atoms. The van der Waals surface area contributed by atoms with E-state index < -0.39 is 0 Å². The summed E-state index contributed by atoms with van der Waals surface area (Å²) in [5.41, 5.74) is 22.7. The van der Waals surface area contributed by atoms with Crippen molar-refractivity contribution in [2.75, 3.05) is 9.80 Å². The van der Waals surface area contributed by atoms with E-state index in [2.05, 4.69) is 245 Å². The Morgan fingerprint density at radius 3 is 1.61 bits per heavy atom. The standard InChI is InChI=1S/C58H63BN2/c1-38-19-31-52(40(3)33-38)60(47-27-21-43(22-28-47)42-17-15-14-16-18-42)49-34-41(4)55-54(37-49)61(48-29-24-44(25-30-48)56(5,6)7)53-32-26-46(58(11,12)13)36-51(53)59(55)50-35-45(57(8,9)10)23-20-39(50)2/h14-37H,1-13H3. The third-order valence-electron chi connectivity index (χ3n) is 12.9. The van der Waals surface area contributed by atoms with E-state index in [1.165, 1.54) is 89.2 Å². The molecule has 2 nitrogen and oxygen atoms in total. The van der Waals surface area contributed by atoms with Gasteiger partial charge in [0.2, 0.25) is 6.71 Å². The van der Waals surface area contributed by atoms with E-state index in [0.717, 1.165) is 11.4 Å². The summed E-state index contributed by atoms with van der Waals surface area (Å²) in [6, 6.07) is 55.3. The van der Waals surface area contributed by atoms with Crippen molar-refractivity contribution in [3.63, 3.8) is 0 Å². The Balaban J connectivity index is 1.43. The number of fused-ring (bicyclic) bond motifs is 2. The number of nitrogens with zero attached hydrogens (tertiary/aromatic N) is 2. The molecule has 0 aromatic heterocycles. The molecular weight excluding hydrogens is 735 g/mol. The second-order valence-corrected chi connectivity index (χ2v) is 20.6. The van der Waals surface area contributed by atoms with Crippen molar-refractivity contribution >= 4 is 57.2 Å². The number of anilines is 6. The van der Waals surface area contributed by atoms with Crippen molar-refractivity contribution in [3.05, 3.63) is 185 Å². The molecule has 7 aromatic carbocycles. The second kappa shape index (κ2) is 15.6. The molecule has 0 radical (unpaired) electrons. The first-order valence-electron chi connectivity index (χ1n) is 22.1. The van der Waals surface area contributed by atoms with E-state index in [1.54, 1.807) is 0 Å². The lowest BCUT2D eigenvalue weighted by molar-refractivity contribution is 0.590. The third-order valence-corrected chi connectivity index (χ3v) is 12.9. The number of hydrogen-bond donors (Lipinski definition) is 0. The van der Waals surface area contributed by atoms with Crippen LogP contribution in [0.2, 0.25) is 0 Å². The van der Waals surface area contributed by atoms with Gasteiger partial charge in [-0.15, -0.1) is 0 Å². The molecule has 0 saturated heterocycles. The first-order chi connectivity index (χ1) is 28.8. The highest BCUT2D eigenvalue weighted by Crippen LogP contribution is 2.44. The van der Waals surface area contributed by atoms with Gasteiger partial charge in [-0.05, 0) is 137 Å². The lowest BCUT2D eigenvalue weighted by Gasteiger charge is -2.40. The second-order valence-electron chi connectivity index (χ2n) is 20.6. The molecule has 0 unspecified atom stereocenters. The van der Waals surface area contributed by atoms with Crippen molar-refractivity contribution in [1.82, 2.24) is 0 Å². The molecule has 0 atom stereocenters. The van der Waals surface area contributed by atoms with Crippen molar-refractivity contribution < 1.29 is 0 Å². The van der Waals surface area contributed by atoms with Gasteiger partial charge in [0.15, 0.2) is 0 Å². The maximum absolute atomic E-state index is 2.55. The van der Waals surface area contributed by atoms with E-state index in [1.807, 2.05) is 0 Å². The van der Waals surface area contributed by atoms with Crippen molar-refractivity contribution in [1.29, 1.82) is 0 Å². The monoisotopic (exact) mass is 799 g/mol. The van der Waals surface area contributed by atoms with Crippen LogP contribution in [0, 0.1) is 27.7 Å². The van der Waals surface area contributed by atoms with Crippen LogP contribution >= 0.6 is 0 Å². The van der Waals surface area contributed by atoms with Crippen molar-refractivity contribution in [2.45, 2.75) is 106 Å². The number of aryl methyl sites for hydroxylation is 4. The zero-order valence-corrected chi connectivity index (χ0v) is 38.8. The number of hydrogen-bond acceptors (Lipinski definition) is 2. The van der Waals surface area contributed by atoms with Crippen LogP contribution in [-0.2, 0) is 16.2 Å². The average Bonchev–Trinajstić information content (AvgIpc) is 3.20. The fourth-order valence-corrected chi connectivity index (χ4v) is 9.24. The van der Waals surface area contributed by atoms with Crippen molar-refractivity contribution in [2.24, 2.45) is 0 Å². The van der Waals surface area contributed by atoms with Crippen LogP contribution in [0.3, 0.4) is 0 Å². The summed E-state index contributed by atoms with van der Waals surface area (Å²) in [6.07, 6.45) is 0. The smallest absolute Gasteiger partial charge is 0.247 e. The van der Waals surface area contributed by atoms with E-state index in [0.29, 0.717) is 0 Å². The van der Waals surface area contributed by atoms with Gasteiger partial charge < -0.3 is 9.80 Å². The summed E-state index contributed by atoms with van der Waals surface area (Å²) in [5.74, 6) is 0. The van der Waals surface area contributed by atoms with Crippen molar-refractivity contribution in [3.8, 4) is 11.1 Å². The Bertz CT molecular complexity index is 2720. The van der Waals surface area contributed by atoms with Gasteiger partial charge in [-0.3, -0.25) is 0 Å². The van der Waals surface area contributed by atoms with Gasteiger partial charge in [0.25, 0.3) is 0 Å². The van der Waals surface area contributed by atoms with E-state index in [-0.39, 0.29) is 23.0 Å². The molecule has 0 fully saturated rings. The molecule has 1 aliphatic heterocycles. The third kappa shape index (κ3) is 8.08. The van der Waals surface area contributed by atoms with Gasteiger partial charge >= 0.3 is 0 Å². The van der Waals surface area contributed by atoms with E-state index in [4.69, 9.17) is 0 Å². The van der Waals surface area contributed by atoms with Gasteiger partial charge in [0.05, 0.1) is 0 Å². The summed E-state index contributed by atoms with van der Waals surface area (Å²) in [7, 11) is 0. The molecule has 0 N–H and O–H groups in total. The largest absolute Gasteiger partial charge is 0.311 e. The van der Waals surface area contributed by atoms with E-state index >= 15 is 0 Å². The van der Waals surface area contributed by atoms with Crippen LogP contribution in [0.15, 0.2) is 146 Å². The minimum atomic E-state index is -0.0112. The molecule has 308 valence electrons. The number of rotatable bonds is 6. The SMILES string of the molecule is Cc1ccc(N(c2ccc(-c3ccccc3)cc2)c2cc(C)c3c(c2)N(c2ccc(C(C)(C)C)cc2)c2ccc(C(C)(C)C)cc2B3c2cc(C(C)(C)C)ccc2C)c(C)c1. The Morgan fingerprint density at radius 2 is 1.00 bits per heavy atom. The molecule has 1 heterocycles. The fraction of sp³-hybridized carbons (Fsp3) is 0.276. The minimum absolute atomic E-state index is 0.0112. The van der Waals surface area contributed by atoms with Crippen LogP contribution in [-0.4, -0.2) is 6.71 Å². The molecule has 0 amide bonds. The molecule has 0 bridgehead atoms. The topological polar surface area (TPSA) is 6.48 Å². The highest BCUT2D eigenvalue weighted by molar-refractivity contribution is 6.98. The molecule has 0 saturated carbocycles. The van der Waals surface area contributed by atoms with Crippen LogP contribution in [0.25, 0.3) is 11.1 Å². The van der Waals surface area contributed by atoms with Gasteiger partial charge in [0.1, 0.15) is 0 Å². The lowest BCUT2D eigenvalue weighted by atomic mass is 9.33. The molecule has 3 heteroatoms. The molecule has 0 aliphatic carbocycles. The molecule has 1 aliphatic rings. The van der Waals surface area contributed by atoms with Crippen LogP contribution in [0.4, 0.5) is 34.1 Å². The summed E-state index contributed by atoms with van der Waals surface area (Å²) in [5, 5.41) is 0. The normalized spacial score (nSPS) is 12.9. The fourth-order valence-electron chi connectivity index (χ4n) is 9.24. The predicted molar refractivity (Wildman–Crippen MR) is 267 cm³/mol. The zero-order valence-electron chi connectivity index (χ0n) is 38.8. The summed E-state index contributed by atoms with van der Waals surface area (Å²) >= 11 is 0. The van der Waals surface area contributed by atoms with Gasteiger partial charge in [0, 0.05) is 34.1 Å². The minimum Gasteiger partial charge on any atom is -0.311 e. The van der Waals surface area contributed by atoms with Crippen LogP contribution < -0.4 is 26.2 Å². The van der Waals surface area contributed by atoms with Gasteiger partial charge in [-0.2, -0.15) is 0 Å². The maximum Gasteiger partial charge on any atom is 0.247 e. The first-order valence-corrected chi connectivity index (χ1v) is 22.1. The first kappa shape index (κ1) is 41.9. The lowest BCUT2D eigenvalue weighted by Crippen LogP contribution is -2.59. The predicted octanol–water partition coefficient (Wildman–Crippen LogP) is 14.2. The highest BCUT2D eigenvalue weighted by atomic mass is 15.2. The zero-order chi connectivity index (χ0) is 43.6. The Labute approximate surface area is 367 Å². The average molecular weight is 799 g/mol. The van der Waals surface area contributed by atoms with Gasteiger partial charge in [-0.25, -0.2) is 0 Å². The molecule has 61 heavy (non-hydrogen) atoms. The quantitative estimate of drug-likeness (QED) is 0.155. The maximum atomic E-state index is 2.55. The number of benzene rings is 7. The summed E-state index contributed by atoms with van der Waals surface area (Å²) < 4.78 is 0. The van der Waals surface area contributed by atoms with Gasteiger partial charge in [-0.1, -0.05) is 182 Å². The Morgan fingerprint density at radius 1 is 0.426 bits per heavy atom. The highest BCUT2D eigenvalue weighted by Gasteiger charge is 2.39.